The summed E-state index contributed by atoms with van der Waals surface area (Å²) < 4.78 is 61.2. The number of hydrogen-bond acceptors (Lipinski definition) is 4. The van der Waals surface area contributed by atoms with Crippen molar-refractivity contribution in [3.63, 3.8) is 0 Å². The topological polar surface area (TPSA) is 59.4 Å². The lowest BCUT2D eigenvalue weighted by Gasteiger charge is -2.34. The summed E-state index contributed by atoms with van der Waals surface area (Å²) in [5.74, 6) is -1.14. The molecule has 1 N–H and O–H groups in total. The second-order valence-electron chi connectivity index (χ2n) is 11.1. The maximum absolute atomic E-state index is 14.4. The van der Waals surface area contributed by atoms with Crippen LogP contribution >= 0.6 is 0 Å². The second-order valence-corrected chi connectivity index (χ2v) is 11.1. The van der Waals surface area contributed by atoms with Crippen LogP contribution in [0.4, 0.5) is 29.2 Å². The summed E-state index contributed by atoms with van der Waals surface area (Å²) >= 11 is 0. The van der Waals surface area contributed by atoms with Crippen LogP contribution in [0.15, 0.2) is 60.7 Å². The number of carbonyl (C=O) groups excluding carboxylic acids is 1. The Kier molecular flexibility index (Phi) is 8.28. The summed E-state index contributed by atoms with van der Waals surface area (Å²) in [7, 11) is 5.92. The van der Waals surface area contributed by atoms with Gasteiger partial charge in [-0.1, -0.05) is 30.3 Å². The molecule has 1 amide bonds. The molecule has 4 aromatic rings. The highest BCUT2D eigenvalue weighted by atomic mass is 19.4. The maximum atomic E-state index is 14.4. The number of aryl methyl sites for hydroxylation is 1. The summed E-state index contributed by atoms with van der Waals surface area (Å²) in [4.78, 5) is 19.9. The molecule has 10 heteroatoms. The van der Waals surface area contributed by atoms with Crippen molar-refractivity contribution < 1.29 is 27.1 Å². The van der Waals surface area contributed by atoms with Gasteiger partial charge in [0.2, 0.25) is 11.9 Å². The molecule has 0 spiro atoms. The number of nitrogens with zero attached hydrogens (tertiary/aromatic N) is 3. The normalized spacial score (nSPS) is 19.2. The smallest absolute Gasteiger partial charge is 0.378 e. The number of fused-ring (bicyclic) bond motifs is 1. The number of imidazole rings is 1. The van der Waals surface area contributed by atoms with E-state index in [0.29, 0.717) is 25.5 Å². The first-order valence-electron chi connectivity index (χ1n) is 14.0. The Morgan fingerprint density at radius 3 is 2.38 bits per heavy atom. The van der Waals surface area contributed by atoms with Crippen molar-refractivity contribution in [2.45, 2.75) is 44.4 Å². The number of hydrogen-bond donors (Lipinski definition) is 1. The second kappa shape index (κ2) is 11.8. The zero-order valence-electron chi connectivity index (χ0n) is 24.0. The van der Waals surface area contributed by atoms with Crippen LogP contribution in [0.3, 0.4) is 0 Å². The third-order valence-electron chi connectivity index (χ3n) is 7.96. The van der Waals surface area contributed by atoms with Gasteiger partial charge >= 0.3 is 6.18 Å². The average molecular weight is 583 g/mol. The lowest BCUT2D eigenvalue weighted by molar-refractivity contribution is -0.137. The quantitative estimate of drug-likeness (QED) is 0.231. The van der Waals surface area contributed by atoms with E-state index < -0.39 is 29.4 Å². The molecule has 42 heavy (non-hydrogen) atoms. The Bertz CT molecular complexity index is 1580. The number of amides is 1. The van der Waals surface area contributed by atoms with Gasteiger partial charge in [0.1, 0.15) is 5.82 Å². The molecule has 1 aliphatic rings. The van der Waals surface area contributed by atoms with Gasteiger partial charge in [-0.15, -0.1) is 0 Å². The van der Waals surface area contributed by atoms with E-state index in [9.17, 15) is 22.4 Å². The molecular formula is C32H34F4N4O2. The minimum atomic E-state index is -4.67. The van der Waals surface area contributed by atoms with Gasteiger partial charge in [0.05, 0.1) is 28.4 Å². The van der Waals surface area contributed by atoms with E-state index in [4.69, 9.17) is 9.72 Å². The largest absolute Gasteiger partial charge is 0.416 e. The number of ether oxygens (including phenoxy) is 1. The summed E-state index contributed by atoms with van der Waals surface area (Å²) in [6.45, 7) is 2.38. The van der Waals surface area contributed by atoms with E-state index in [-0.39, 0.29) is 17.7 Å². The van der Waals surface area contributed by atoms with Gasteiger partial charge in [-0.05, 0) is 79.1 Å². The van der Waals surface area contributed by atoms with Gasteiger partial charge in [-0.25, -0.2) is 9.37 Å². The summed E-state index contributed by atoms with van der Waals surface area (Å²) in [5, 5.41) is 2.50. The Morgan fingerprint density at radius 1 is 1.02 bits per heavy atom. The number of alkyl halides is 3. The zero-order valence-corrected chi connectivity index (χ0v) is 24.0. The maximum Gasteiger partial charge on any atom is 0.416 e. The Labute approximate surface area is 242 Å². The van der Waals surface area contributed by atoms with Gasteiger partial charge in [-0.3, -0.25) is 4.79 Å². The van der Waals surface area contributed by atoms with Gasteiger partial charge in [0.15, 0.2) is 0 Å². The van der Waals surface area contributed by atoms with Crippen LogP contribution in [0, 0.1) is 11.7 Å². The number of aromatic nitrogens is 2. The molecule has 1 heterocycles. The number of nitrogens with one attached hydrogen (secondary N) is 1. The average Bonchev–Trinajstić information content (AvgIpc) is 3.29. The molecule has 3 atom stereocenters. The fourth-order valence-electron chi connectivity index (χ4n) is 5.87. The zero-order chi connectivity index (χ0) is 30.2. The van der Waals surface area contributed by atoms with Crippen molar-refractivity contribution in [2.75, 3.05) is 30.9 Å². The molecule has 5 rings (SSSR count). The molecule has 0 radical (unpaired) electrons. The highest BCUT2D eigenvalue weighted by Crippen LogP contribution is 2.39. The van der Waals surface area contributed by atoms with Gasteiger partial charge in [0, 0.05) is 33.7 Å². The highest BCUT2D eigenvalue weighted by Gasteiger charge is 2.35. The van der Waals surface area contributed by atoms with E-state index in [1.807, 2.05) is 33.0 Å². The first-order chi connectivity index (χ1) is 19.9. The number of benzene rings is 3. The Balaban J connectivity index is 1.33. The van der Waals surface area contributed by atoms with Crippen molar-refractivity contribution in [3.8, 4) is 11.1 Å². The highest BCUT2D eigenvalue weighted by molar-refractivity contribution is 5.93. The van der Waals surface area contributed by atoms with Crippen molar-refractivity contribution in [3.05, 3.63) is 77.6 Å². The van der Waals surface area contributed by atoms with E-state index in [1.165, 1.54) is 0 Å². The monoisotopic (exact) mass is 582 g/mol. The fourth-order valence-corrected chi connectivity index (χ4v) is 5.87. The molecule has 0 saturated heterocycles. The minimum absolute atomic E-state index is 0.0264. The van der Waals surface area contributed by atoms with Crippen LogP contribution in [-0.2, 0) is 22.8 Å². The number of rotatable bonds is 7. The Morgan fingerprint density at radius 2 is 1.74 bits per heavy atom. The molecule has 6 nitrogen and oxygen atoms in total. The molecule has 0 bridgehead atoms. The summed E-state index contributed by atoms with van der Waals surface area (Å²) in [5.41, 5.74) is 3.74. The number of anilines is 2. The van der Waals surface area contributed by atoms with Gasteiger partial charge in [-0.2, -0.15) is 13.2 Å². The molecule has 1 aromatic heterocycles. The van der Waals surface area contributed by atoms with Crippen LogP contribution in [0.2, 0.25) is 0 Å². The van der Waals surface area contributed by atoms with E-state index in [0.717, 1.165) is 52.2 Å². The third-order valence-corrected chi connectivity index (χ3v) is 7.96. The molecule has 3 unspecified atom stereocenters. The molecule has 0 aliphatic heterocycles. The van der Waals surface area contributed by atoms with Crippen molar-refractivity contribution in [1.82, 2.24) is 9.55 Å². The molecule has 1 aliphatic carbocycles. The number of halogens is 4. The van der Waals surface area contributed by atoms with Gasteiger partial charge in [0.25, 0.3) is 0 Å². The SMILES string of the molecule is CCOC1CC(C(=O)Nc2ccc(C(F)(F)F)cc2F)CC(c2ccc(-c3ccc4c(c3)nc(N(C)C)n4C)cc2)C1. The van der Waals surface area contributed by atoms with Crippen LogP contribution < -0.4 is 10.2 Å². The fraction of sp³-hybridized carbons (Fsp3) is 0.375. The minimum Gasteiger partial charge on any atom is -0.378 e. The lowest BCUT2D eigenvalue weighted by Crippen LogP contribution is -2.35. The predicted octanol–water partition coefficient (Wildman–Crippen LogP) is 7.39. The van der Waals surface area contributed by atoms with Crippen LogP contribution in [-0.4, -0.2) is 42.3 Å². The van der Waals surface area contributed by atoms with E-state index >= 15 is 0 Å². The van der Waals surface area contributed by atoms with E-state index in [2.05, 4.69) is 52.3 Å². The molecule has 3 aromatic carbocycles. The first kappa shape index (κ1) is 29.6. The molecule has 1 fully saturated rings. The molecule has 1 saturated carbocycles. The van der Waals surface area contributed by atoms with Crippen LogP contribution in [0.25, 0.3) is 22.2 Å². The molecule has 222 valence electrons. The summed E-state index contributed by atoms with van der Waals surface area (Å²) in [6, 6.07) is 16.6. The van der Waals surface area contributed by atoms with Crippen molar-refractivity contribution >= 4 is 28.6 Å². The molecular weight excluding hydrogens is 548 g/mol. The standard InChI is InChI=1S/C32H34F4N4O2/c1-5-42-25-15-22(14-23(16-25)30(41)37-27-12-11-24(18-26(27)33)32(34,35)36)20-8-6-19(7-9-20)21-10-13-29-28(17-21)38-31(39(2)3)40(29)4/h6-13,17-18,22-23,25H,5,14-16H2,1-4H3,(H,37,41). The van der Waals surface area contributed by atoms with E-state index in [1.54, 1.807) is 0 Å². The van der Waals surface area contributed by atoms with Gasteiger partial charge < -0.3 is 19.5 Å². The lowest BCUT2D eigenvalue weighted by atomic mass is 9.76. The first-order valence-corrected chi connectivity index (χ1v) is 14.0. The number of carbonyl (C=O) groups is 1. The van der Waals surface area contributed by atoms with Crippen molar-refractivity contribution in [1.29, 1.82) is 0 Å². The van der Waals surface area contributed by atoms with Crippen LogP contribution in [0.1, 0.15) is 43.2 Å². The van der Waals surface area contributed by atoms with Crippen LogP contribution in [0.5, 0.6) is 0 Å². The predicted molar refractivity (Wildman–Crippen MR) is 156 cm³/mol. The van der Waals surface area contributed by atoms with Crippen molar-refractivity contribution in [2.24, 2.45) is 13.0 Å². The summed E-state index contributed by atoms with van der Waals surface area (Å²) in [6.07, 6.45) is -3.13. The third kappa shape index (κ3) is 6.13. The Hall–Kier alpha value is -3.92.